The van der Waals surface area contributed by atoms with E-state index in [0.717, 1.165) is 15.6 Å². The van der Waals surface area contributed by atoms with Gasteiger partial charge in [0, 0.05) is 22.4 Å². The van der Waals surface area contributed by atoms with Crippen LogP contribution in [0.15, 0.2) is 131 Å². The molecule has 0 fully saturated rings. The van der Waals surface area contributed by atoms with Crippen LogP contribution in [0.3, 0.4) is 0 Å². The molecule has 0 bridgehead atoms. The highest BCUT2D eigenvalue weighted by molar-refractivity contribution is 7.85. The number of ether oxygens (including phenoxy) is 2. The minimum atomic E-state index is -4.09. The number of amidine groups is 1. The zero-order valence-electron chi connectivity index (χ0n) is 26.6. The van der Waals surface area contributed by atoms with E-state index < -0.39 is 23.3 Å². The van der Waals surface area contributed by atoms with Gasteiger partial charge in [-0.3, -0.25) is 13.2 Å². The Kier molecular flexibility index (Phi) is 10.4. The maximum atomic E-state index is 15.2. The Labute approximate surface area is 289 Å². The summed E-state index contributed by atoms with van der Waals surface area (Å²) < 4.78 is 73.3. The molecular weight excluding hydrogens is 659 g/mol. The number of hydrogen-bond donors (Lipinski definition) is 1. The molecule has 1 N–H and O–H groups in total. The average molecular weight is 690 g/mol. The molecule has 6 rings (SSSR count). The Morgan fingerprint density at radius 1 is 0.820 bits per heavy atom. The van der Waals surface area contributed by atoms with E-state index >= 15 is 8.63 Å². The number of aliphatic imine (C=N–C) groups is 2. The van der Waals surface area contributed by atoms with Gasteiger partial charge < -0.3 is 14.0 Å². The summed E-state index contributed by atoms with van der Waals surface area (Å²) in [5, 5.41) is 0. The van der Waals surface area contributed by atoms with Gasteiger partial charge in [-0.15, -0.1) is 6.42 Å². The maximum Gasteiger partial charge on any atom is 0.679 e. The molecule has 0 saturated heterocycles. The molecule has 250 valence electrons. The van der Waals surface area contributed by atoms with Crippen molar-refractivity contribution in [2.24, 2.45) is 9.98 Å². The minimum Gasteiger partial charge on any atom is -0.494 e. The highest BCUT2D eigenvalue weighted by atomic mass is 32.2. The van der Waals surface area contributed by atoms with E-state index in [1.54, 1.807) is 42.5 Å². The molecular formula is C38H30BF2N3O5S. The van der Waals surface area contributed by atoms with Gasteiger partial charge in [-0.05, 0) is 83.8 Å². The Balaban J connectivity index is 1.43. The van der Waals surface area contributed by atoms with Crippen molar-refractivity contribution in [1.82, 2.24) is 4.48 Å². The Bertz CT molecular complexity index is 2210. The number of hydrogen-bond acceptors (Lipinski definition) is 5. The van der Waals surface area contributed by atoms with Crippen LogP contribution in [0.1, 0.15) is 17.5 Å². The van der Waals surface area contributed by atoms with Gasteiger partial charge >= 0.3 is 7.40 Å². The first-order chi connectivity index (χ1) is 24.2. The number of terminal acetylenes is 1. The first-order valence-electron chi connectivity index (χ1n) is 15.6. The molecule has 0 spiro atoms. The molecule has 1 aromatic heterocycles. The van der Waals surface area contributed by atoms with Crippen LogP contribution in [0, 0.1) is 12.3 Å². The molecule has 1 aliphatic heterocycles. The van der Waals surface area contributed by atoms with Crippen molar-refractivity contribution in [3.63, 3.8) is 0 Å². The number of nitrogens with zero attached hydrogens (tertiary/aromatic N) is 3. The predicted octanol–water partition coefficient (Wildman–Crippen LogP) is 7.88. The standard InChI is InChI=1S/C38H30BF2N3O5S/c1-2-22-48-31-18-14-29(15-19-31)35-25-33(27-10-5-3-6-11-27)37(42-35)43-38-34(28-12-7-4-8-13-28)26-36(44(38)39(40)41)30-16-20-32(21-17-30)49-23-9-24-50(45,46)47/h1,3-8,10-21,25-26H,9,22-24H2,(H,45,46,47)/b43-37-. The second-order valence-electron chi connectivity index (χ2n) is 11.2. The molecule has 0 atom stereocenters. The van der Waals surface area contributed by atoms with Crippen LogP contribution in [0.2, 0.25) is 0 Å². The molecule has 0 unspecified atom stereocenters. The first-order valence-corrected chi connectivity index (χ1v) is 17.2. The van der Waals surface area contributed by atoms with Gasteiger partial charge in [0.2, 0.25) is 0 Å². The number of halogens is 2. The van der Waals surface area contributed by atoms with Crippen LogP contribution in [0.25, 0.3) is 28.0 Å². The van der Waals surface area contributed by atoms with Crippen LogP contribution in [0.5, 0.6) is 11.5 Å². The molecule has 5 aromatic rings. The van der Waals surface area contributed by atoms with Crippen molar-refractivity contribution in [3.05, 3.63) is 132 Å². The molecule has 0 aliphatic carbocycles. The molecule has 1 aliphatic rings. The summed E-state index contributed by atoms with van der Waals surface area (Å²) in [7, 11) is -7.05. The molecule has 0 saturated carbocycles. The topological polar surface area (TPSA) is 102 Å². The monoisotopic (exact) mass is 689 g/mol. The number of allylic oxidation sites excluding steroid dienone is 1. The smallest absolute Gasteiger partial charge is 0.494 e. The van der Waals surface area contributed by atoms with E-state index in [9.17, 15) is 8.42 Å². The van der Waals surface area contributed by atoms with E-state index in [0.29, 0.717) is 39.5 Å². The van der Waals surface area contributed by atoms with Gasteiger partial charge in [0.1, 0.15) is 23.9 Å². The van der Waals surface area contributed by atoms with Crippen molar-refractivity contribution in [2.75, 3.05) is 19.0 Å². The lowest BCUT2D eigenvalue weighted by molar-refractivity contribution is 0.316. The molecule has 2 heterocycles. The van der Waals surface area contributed by atoms with E-state index in [2.05, 4.69) is 5.92 Å². The lowest BCUT2D eigenvalue weighted by atomic mass is 10.0. The van der Waals surface area contributed by atoms with Gasteiger partial charge in [-0.1, -0.05) is 66.6 Å². The average Bonchev–Trinajstić information content (AvgIpc) is 3.72. The third kappa shape index (κ3) is 8.09. The van der Waals surface area contributed by atoms with E-state index in [1.807, 2.05) is 78.9 Å². The largest absolute Gasteiger partial charge is 0.679 e. The summed E-state index contributed by atoms with van der Waals surface area (Å²) in [5.74, 6) is 3.35. The van der Waals surface area contributed by atoms with Crippen LogP contribution in [0.4, 0.5) is 14.4 Å². The Morgan fingerprint density at radius 2 is 1.42 bits per heavy atom. The van der Waals surface area contributed by atoms with E-state index in [4.69, 9.17) is 30.4 Å². The highest BCUT2D eigenvalue weighted by Gasteiger charge is 2.30. The second-order valence-corrected chi connectivity index (χ2v) is 12.7. The normalized spacial score (nSPS) is 13.4. The molecule has 0 amide bonds. The van der Waals surface area contributed by atoms with Gasteiger partial charge in [0.15, 0.2) is 5.84 Å². The predicted molar refractivity (Wildman–Crippen MR) is 194 cm³/mol. The second kappa shape index (κ2) is 15.2. The van der Waals surface area contributed by atoms with Gasteiger partial charge in [0.05, 0.1) is 18.1 Å². The molecule has 50 heavy (non-hydrogen) atoms. The van der Waals surface area contributed by atoms with Gasteiger partial charge in [-0.25, -0.2) is 9.98 Å². The SMILES string of the molecule is C#CCOc1ccc(C2=N/C(=N\c3c(-c4ccccc4)cc(-c4ccc(OCCCS(=O)(=O)O)cc4)n3B(F)F)C(c3ccccc3)=C2)cc1. The van der Waals surface area contributed by atoms with Crippen molar-refractivity contribution >= 4 is 40.5 Å². The van der Waals surface area contributed by atoms with Crippen LogP contribution < -0.4 is 9.47 Å². The van der Waals surface area contributed by atoms with Crippen LogP contribution in [-0.4, -0.2) is 55.4 Å². The van der Waals surface area contributed by atoms with Crippen molar-refractivity contribution in [1.29, 1.82) is 0 Å². The fourth-order valence-corrected chi connectivity index (χ4v) is 5.93. The van der Waals surface area contributed by atoms with Crippen molar-refractivity contribution in [3.8, 4) is 46.2 Å². The van der Waals surface area contributed by atoms with Crippen LogP contribution >= 0.6 is 0 Å². The number of benzene rings is 4. The summed E-state index contributed by atoms with van der Waals surface area (Å²) in [5.41, 5.74) is 4.78. The lowest BCUT2D eigenvalue weighted by Gasteiger charge is -2.11. The fraction of sp³-hybridized carbons (Fsp3) is 0.105. The zero-order valence-corrected chi connectivity index (χ0v) is 27.4. The highest BCUT2D eigenvalue weighted by Crippen LogP contribution is 2.40. The fourth-order valence-electron chi connectivity index (χ4n) is 5.45. The summed E-state index contributed by atoms with van der Waals surface area (Å²) in [6.45, 7) is 0.193. The lowest BCUT2D eigenvalue weighted by Crippen LogP contribution is -2.14. The first kappa shape index (κ1) is 34.1. The zero-order chi connectivity index (χ0) is 35.1. The van der Waals surface area contributed by atoms with Crippen LogP contribution in [-0.2, 0) is 10.1 Å². The summed E-state index contributed by atoms with van der Waals surface area (Å²) in [6.07, 6.45) is 7.29. The molecule has 8 nitrogen and oxygen atoms in total. The van der Waals surface area contributed by atoms with E-state index in [1.165, 1.54) is 0 Å². The molecule has 0 radical (unpaired) electrons. The Morgan fingerprint density at radius 3 is 2.02 bits per heavy atom. The van der Waals surface area contributed by atoms with E-state index in [-0.39, 0.29) is 37.0 Å². The summed E-state index contributed by atoms with van der Waals surface area (Å²) >= 11 is 0. The minimum absolute atomic E-state index is 0.0339. The number of rotatable bonds is 13. The Hall–Kier alpha value is -5.77. The quantitative estimate of drug-likeness (QED) is 0.0587. The molecule has 4 aromatic carbocycles. The third-order valence-corrected chi connectivity index (χ3v) is 8.58. The summed E-state index contributed by atoms with van der Waals surface area (Å²) in [6, 6.07) is 34.2. The summed E-state index contributed by atoms with van der Waals surface area (Å²) in [4.78, 5) is 9.74. The van der Waals surface area contributed by atoms with Crippen molar-refractivity contribution < 1.29 is 31.1 Å². The van der Waals surface area contributed by atoms with Gasteiger partial charge in [-0.2, -0.15) is 8.42 Å². The third-order valence-electron chi connectivity index (χ3n) is 7.77. The van der Waals surface area contributed by atoms with Gasteiger partial charge in [0.25, 0.3) is 10.1 Å². The maximum absolute atomic E-state index is 15.2. The molecule has 12 heteroatoms. The van der Waals surface area contributed by atoms with Crippen molar-refractivity contribution in [2.45, 2.75) is 6.42 Å². The number of aromatic nitrogens is 1.